The lowest BCUT2D eigenvalue weighted by Gasteiger charge is -2.36. The molecule has 1 saturated heterocycles. The average Bonchev–Trinajstić information content (AvgIpc) is 2.91. The SMILES string of the molecule is CC(=O)N(CCC(C)C)CC(=O)N1CCN(c2ccc(-c3ccc(-c4ccccc4)cc3)nn2)CC1. The molecular formula is C29H35N5O2. The minimum atomic E-state index is -0.0484. The largest absolute Gasteiger partial charge is 0.352 e. The van der Waals surface area contributed by atoms with Crippen LogP contribution in [0.25, 0.3) is 22.4 Å². The second-order valence-electron chi connectivity index (χ2n) is 9.71. The van der Waals surface area contributed by atoms with Gasteiger partial charge in [0, 0.05) is 45.2 Å². The quantitative estimate of drug-likeness (QED) is 0.474. The van der Waals surface area contributed by atoms with Crippen LogP contribution in [0.2, 0.25) is 0 Å². The maximum atomic E-state index is 12.8. The number of amides is 2. The molecule has 36 heavy (non-hydrogen) atoms. The summed E-state index contributed by atoms with van der Waals surface area (Å²) in [4.78, 5) is 30.4. The number of rotatable bonds is 8. The van der Waals surface area contributed by atoms with Crippen molar-refractivity contribution in [3.8, 4) is 22.4 Å². The predicted octanol–water partition coefficient (Wildman–Crippen LogP) is 4.35. The van der Waals surface area contributed by atoms with Crippen LogP contribution >= 0.6 is 0 Å². The summed E-state index contributed by atoms with van der Waals surface area (Å²) in [5.41, 5.74) is 4.21. The van der Waals surface area contributed by atoms with Crippen LogP contribution in [0.4, 0.5) is 5.82 Å². The summed E-state index contributed by atoms with van der Waals surface area (Å²) < 4.78 is 0. The second kappa shape index (κ2) is 11.8. The van der Waals surface area contributed by atoms with Crippen molar-refractivity contribution in [3.63, 3.8) is 0 Å². The molecule has 7 nitrogen and oxygen atoms in total. The van der Waals surface area contributed by atoms with E-state index in [0.29, 0.717) is 38.6 Å². The Morgan fingerprint density at radius 2 is 1.47 bits per heavy atom. The fraction of sp³-hybridized carbons (Fsp3) is 0.379. The van der Waals surface area contributed by atoms with Crippen molar-refractivity contribution in [1.82, 2.24) is 20.0 Å². The number of piperazine rings is 1. The summed E-state index contributed by atoms with van der Waals surface area (Å²) >= 11 is 0. The van der Waals surface area contributed by atoms with Gasteiger partial charge in [-0.3, -0.25) is 9.59 Å². The van der Waals surface area contributed by atoms with Crippen molar-refractivity contribution in [2.75, 3.05) is 44.2 Å². The van der Waals surface area contributed by atoms with Crippen LogP contribution in [-0.4, -0.2) is 71.1 Å². The Hall–Kier alpha value is -3.74. The standard InChI is InChI=1S/C29H35N5O2/c1-22(2)15-16-34(23(3)35)21-29(36)33-19-17-32(18-20-33)28-14-13-27(30-31-28)26-11-9-25(10-12-26)24-7-5-4-6-8-24/h4-14,22H,15-21H2,1-3H3. The lowest BCUT2D eigenvalue weighted by Crippen LogP contribution is -2.52. The molecule has 1 aromatic heterocycles. The van der Waals surface area contributed by atoms with Crippen LogP contribution in [0.15, 0.2) is 66.7 Å². The molecule has 1 aliphatic heterocycles. The highest BCUT2D eigenvalue weighted by atomic mass is 16.2. The van der Waals surface area contributed by atoms with Gasteiger partial charge in [0.2, 0.25) is 11.8 Å². The smallest absolute Gasteiger partial charge is 0.242 e. The summed E-state index contributed by atoms with van der Waals surface area (Å²) in [5.74, 6) is 1.27. The van der Waals surface area contributed by atoms with Crippen LogP contribution in [0.3, 0.4) is 0 Å². The number of anilines is 1. The summed E-state index contributed by atoms with van der Waals surface area (Å²) in [6.07, 6.45) is 0.895. The molecule has 188 valence electrons. The summed E-state index contributed by atoms with van der Waals surface area (Å²) in [6, 6.07) is 22.6. The Morgan fingerprint density at radius 3 is 2.06 bits per heavy atom. The van der Waals surface area contributed by atoms with Gasteiger partial charge in [-0.1, -0.05) is 68.4 Å². The second-order valence-corrected chi connectivity index (χ2v) is 9.71. The van der Waals surface area contributed by atoms with E-state index in [9.17, 15) is 9.59 Å². The third-order valence-corrected chi connectivity index (χ3v) is 6.64. The number of benzene rings is 2. The number of hydrogen-bond acceptors (Lipinski definition) is 5. The molecular weight excluding hydrogens is 450 g/mol. The molecule has 0 spiro atoms. The van der Waals surface area contributed by atoms with Crippen LogP contribution < -0.4 is 4.90 Å². The van der Waals surface area contributed by atoms with Crippen molar-refractivity contribution < 1.29 is 9.59 Å². The number of hydrogen-bond donors (Lipinski definition) is 0. The van der Waals surface area contributed by atoms with Crippen molar-refractivity contribution in [1.29, 1.82) is 0 Å². The molecule has 2 heterocycles. The van der Waals surface area contributed by atoms with E-state index in [4.69, 9.17) is 0 Å². The van der Waals surface area contributed by atoms with Gasteiger partial charge in [-0.25, -0.2) is 0 Å². The van der Waals surface area contributed by atoms with Gasteiger partial charge in [0.05, 0.1) is 12.2 Å². The maximum absolute atomic E-state index is 12.8. The monoisotopic (exact) mass is 485 g/mol. The lowest BCUT2D eigenvalue weighted by atomic mass is 10.0. The Labute approximate surface area is 213 Å². The van der Waals surface area contributed by atoms with Gasteiger partial charge >= 0.3 is 0 Å². The summed E-state index contributed by atoms with van der Waals surface area (Å²) in [6.45, 7) is 9.15. The molecule has 0 N–H and O–H groups in total. The minimum absolute atomic E-state index is 0.00832. The molecule has 0 unspecified atom stereocenters. The first kappa shape index (κ1) is 25.4. The molecule has 2 aromatic carbocycles. The van der Waals surface area contributed by atoms with E-state index in [-0.39, 0.29) is 18.4 Å². The van der Waals surface area contributed by atoms with Crippen LogP contribution in [-0.2, 0) is 9.59 Å². The van der Waals surface area contributed by atoms with E-state index in [2.05, 4.69) is 65.3 Å². The molecule has 0 saturated carbocycles. The number of nitrogens with zero attached hydrogens (tertiary/aromatic N) is 5. The summed E-state index contributed by atoms with van der Waals surface area (Å²) in [7, 11) is 0. The van der Waals surface area contributed by atoms with Gasteiger partial charge < -0.3 is 14.7 Å². The predicted molar refractivity (Wildman–Crippen MR) is 143 cm³/mol. The van der Waals surface area contributed by atoms with E-state index in [0.717, 1.165) is 23.5 Å². The van der Waals surface area contributed by atoms with E-state index in [1.54, 1.807) is 4.90 Å². The third kappa shape index (κ3) is 6.47. The Balaban J connectivity index is 1.31. The highest BCUT2D eigenvalue weighted by Crippen LogP contribution is 2.24. The van der Waals surface area contributed by atoms with Gasteiger partial charge in [0.25, 0.3) is 0 Å². The molecule has 3 aromatic rings. The summed E-state index contributed by atoms with van der Waals surface area (Å²) in [5, 5.41) is 8.92. The molecule has 0 radical (unpaired) electrons. The van der Waals surface area contributed by atoms with Gasteiger partial charge in [0.15, 0.2) is 5.82 Å². The first-order valence-corrected chi connectivity index (χ1v) is 12.7. The molecule has 0 aliphatic carbocycles. The molecule has 0 bridgehead atoms. The lowest BCUT2D eigenvalue weighted by molar-refractivity contribution is -0.139. The van der Waals surface area contributed by atoms with Crippen molar-refractivity contribution in [2.45, 2.75) is 27.2 Å². The fourth-order valence-corrected chi connectivity index (χ4v) is 4.32. The van der Waals surface area contributed by atoms with Crippen LogP contribution in [0.1, 0.15) is 27.2 Å². The molecule has 4 rings (SSSR count). The molecule has 7 heteroatoms. The van der Waals surface area contributed by atoms with Crippen molar-refractivity contribution >= 4 is 17.6 Å². The molecule has 0 atom stereocenters. The van der Waals surface area contributed by atoms with Gasteiger partial charge in [0.1, 0.15) is 0 Å². The van der Waals surface area contributed by atoms with Crippen molar-refractivity contribution in [3.05, 3.63) is 66.7 Å². The zero-order chi connectivity index (χ0) is 25.5. The maximum Gasteiger partial charge on any atom is 0.242 e. The highest BCUT2D eigenvalue weighted by Gasteiger charge is 2.24. The molecule has 1 aliphatic rings. The number of carbonyl (C=O) groups excluding carboxylic acids is 2. The van der Waals surface area contributed by atoms with Crippen LogP contribution in [0, 0.1) is 5.92 Å². The highest BCUT2D eigenvalue weighted by molar-refractivity contribution is 5.84. The topological polar surface area (TPSA) is 69.6 Å². The average molecular weight is 486 g/mol. The molecule has 1 fully saturated rings. The minimum Gasteiger partial charge on any atom is -0.352 e. The molecule has 2 amide bonds. The zero-order valence-corrected chi connectivity index (χ0v) is 21.4. The number of aromatic nitrogens is 2. The van der Waals surface area contributed by atoms with E-state index >= 15 is 0 Å². The first-order chi connectivity index (χ1) is 17.4. The Bertz CT molecular complexity index is 1140. The van der Waals surface area contributed by atoms with Gasteiger partial charge in [-0.05, 0) is 35.6 Å². The third-order valence-electron chi connectivity index (χ3n) is 6.64. The van der Waals surface area contributed by atoms with E-state index in [1.807, 2.05) is 35.2 Å². The fourth-order valence-electron chi connectivity index (χ4n) is 4.32. The van der Waals surface area contributed by atoms with Crippen LogP contribution in [0.5, 0.6) is 0 Å². The van der Waals surface area contributed by atoms with Gasteiger partial charge in [-0.2, -0.15) is 0 Å². The van der Waals surface area contributed by atoms with Crippen molar-refractivity contribution in [2.24, 2.45) is 5.92 Å². The first-order valence-electron chi connectivity index (χ1n) is 12.7. The Kier molecular flexibility index (Phi) is 8.31. The Morgan fingerprint density at radius 1 is 0.833 bits per heavy atom. The van der Waals surface area contributed by atoms with Gasteiger partial charge in [-0.15, -0.1) is 10.2 Å². The number of carbonyl (C=O) groups is 2. The normalized spacial score (nSPS) is 13.7. The van der Waals surface area contributed by atoms with E-state index in [1.165, 1.54) is 18.1 Å². The zero-order valence-electron chi connectivity index (χ0n) is 21.4. The van der Waals surface area contributed by atoms with E-state index < -0.39 is 0 Å².